The maximum absolute atomic E-state index is 12.1. The van der Waals surface area contributed by atoms with Crippen molar-refractivity contribution in [3.05, 3.63) is 59.7 Å². The number of nitrogens with zero attached hydrogens (tertiary/aromatic N) is 2. The fraction of sp³-hybridized carbons (Fsp3) is 0.176. The third-order valence-corrected chi connectivity index (χ3v) is 3.28. The molecule has 0 fully saturated rings. The van der Waals surface area contributed by atoms with Gasteiger partial charge in [-0.1, -0.05) is 12.1 Å². The fourth-order valence-electron chi connectivity index (χ4n) is 1.94. The summed E-state index contributed by atoms with van der Waals surface area (Å²) in [6, 6.07) is 14.7. The fourth-order valence-corrected chi connectivity index (χ4v) is 1.94. The van der Waals surface area contributed by atoms with Crippen LogP contribution in [0.1, 0.15) is 22.8 Å². The van der Waals surface area contributed by atoms with Gasteiger partial charge in [0.05, 0.1) is 5.71 Å². The summed E-state index contributed by atoms with van der Waals surface area (Å²) >= 11 is 0. The minimum Gasteiger partial charge on any atom is -0.399 e. The van der Waals surface area contributed by atoms with E-state index in [1.54, 1.807) is 12.1 Å². The molecule has 3 N–H and O–H groups in total. The van der Waals surface area contributed by atoms with Gasteiger partial charge in [0.2, 0.25) is 0 Å². The highest BCUT2D eigenvalue weighted by molar-refractivity contribution is 6.01. The van der Waals surface area contributed by atoms with E-state index in [1.807, 2.05) is 62.3 Å². The van der Waals surface area contributed by atoms with Crippen molar-refractivity contribution in [2.75, 3.05) is 24.7 Å². The summed E-state index contributed by atoms with van der Waals surface area (Å²) in [6.45, 7) is 1.82. The van der Waals surface area contributed by atoms with Crippen LogP contribution in [0.15, 0.2) is 53.6 Å². The van der Waals surface area contributed by atoms with E-state index in [0.29, 0.717) is 17.0 Å². The zero-order valence-corrected chi connectivity index (χ0v) is 13.0. The van der Waals surface area contributed by atoms with Crippen molar-refractivity contribution >= 4 is 23.0 Å². The van der Waals surface area contributed by atoms with Gasteiger partial charge < -0.3 is 10.6 Å². The highest BCUT2D eigenvalue weighted by Gasteiger charge is 2.05. The lowest BCUT2D eigenvalue weighted by Gasteiger charge is -2.12. The molecule has 0 aliphatic carbocycles. The Kier molecular flexibility index (Phi) is 4.78. The normalized spacial score (nSPS) is 11.1. The monoisotopic (exact) mass is 296 g/mol. The van der Waals surface area contributed by atoms with Crippen molar-refractivity contribution in [2.45, 2.75) is 6.92 Å². The van der Waals surface area contributed by atoms with Gasteiger partial charge in [0.15, 0.2) is 0 Å². The molecule has 0 aliphatic heterocycles. The number of hydrazone groups is 1. The second-order valence-corrected chi connectivity index (χ2v) is 5.20. The molecule has 0 aromatic heterocycles. The Morgan fingerprint density at radius 3 is 2.36 bits per heavy atom. The number of rotatable bonds is 4. The van der Waals surface area contributed by atoms with E-state index < -0.39 is 0 Å². The maximum Gasteiger partial charge on any atom is 0.271 e. The number of nitrogen functional groups attached to an aromatic ring is 1. The number of hydrogen-bond acceptors (Lipinski definition) is 4. The van der Waals surface area contributed by atoms with Crippen LogP contribution in [-0.4, -0.2) is 25.7 Å². The third-order valence-electron chi connectivity index (χ3n) is 3.28. The number of nitrogens with two attached hydrogens (primary N) is 1. The zero-order chi connectivity index (χ0) is 16.1. The van der Waals surface area contributed by atoms with Crippen molar-refractivity contribution in [1.29, 1.82) is 0 Å². The molecule has 2 aromatic carbocycles. The first kappa shape index (κ1) is 15.6. The summed E-state index contributed by atoms with van der Waals surface area (Å²) in [5.41, 5.74) is 12.1. The standard InChI is InChI=1S/C17H20N4O/c1-12(14-5-4-6-15(18)11-14)19-20-17(22)13-7-9-16(10-8-13)21(2)3/h4-11H,18H2,1-3H3,(H,20,22)/b19-12-. The van der Waals surface area contributed by atoms with Crippen LogP contribution < -0.4 is 16.1 Å². The van der Waals surface area contributed by atoms with Gasteiger partial charge in [-0.05, 0) is 48.9 Å². The highest BCUT2D eigenvalue weighted by Crippen LogP contribution is 2.12. The number of anilines is 2. The lowest BCUT2D eigenvalue weighted by Crippen LogP contribution is -2.19. The number of hydrogen-bond donors (Lipinski definition) is 2. The van der Waals surface area contributed by atoms with E-state index in [2.05, 4.69) is 10.5 Å². The lowest BCUT2D eigenvalue weighted by atomic mass is 10.1. The smallest absolute Gasteiger partial charge is 0.271 e. The van der Waals surface area contributed by atoms with Crippen molar-refractivity contribution in [3.63, 3.8) is 0 Å². The van der Waals surface area contributed by atoms with Gasteiger partial charge in [-0.25, -0.2) is 5.43 Å². The first-order valence-corrected chi connectivity index (χ1v) is 6.95. The number of carbonyl (C=O) groups excluding carboxylic acids is 1. The molecule has 0 unspecified atom stereocenters. The van der Waals surface area contributed by atoms with E-state index in [9.17, 15) is 4.79 Å². The van der Waals surface area contributed by atoms with Gasteiger partial charge in [-0.15, -0.1) is 0 Å². The van der Waals surface area contributed by atoms with Crippen LogP contribution in [0.4, 0.5) is 11.4 Å². The van der Waals surface area contributed by atoms with Gasteiger partial charge in [0.1, 0.15) is 0 Å². The van der Waals surface area contributed by atoms with Crippen molar-refractivity contribution in [1.82, 2.24) is 5.43 Å². The summed E-state index contributed by atoms with van der Waals surface area (Å²) in [5.74, 6) is -0.242. The maximum atomic E-state index is 12.1. The summed E-state index contributed by atoms with van der Waals surface area (Å²) in [7, 11) is 3.91. The Hall–Kier alpha value is -2.82. The Balaban J connectivity index is 2.07. The average Bonchev–Trinajstić information content (AvgIpc) is 2.52. The second-order valence-electron chi connectivity index (χ2n) is 5.20. The van der Waals surface area contributed by atoms with Crippen LogP contribution >= 0.6 is 0 Å². The van der Waals surface area contributed by atoms with Crippen LogP contribution in [0.5, 0.6) is 0 Å². The molecular formula is C17H20N4O. The summed E-state index contributed by atoms with van der Waals surface area (Å²) < 4.78 is 0. The van der Waals surface area contributed by atoms with Crippen LogP contribution in [0.25, 0.3) is 0 Å². The van der Waals surface area contributed by atoms with Crippen LogP contribution in [0, 0.1) is 0 Å². The molecule has 0 aliphatic rings. The molecule has 0 saturated carbocycles. The summed E-state index contributed by atoms with van der Waals surface area (Å²) in [4.78, 5) is 14.0. The molecule has 22 heavy (non-hydrogen) atoms. The molecule has 0 radical (unpaired) electrons. The molecule has 2 rings (SSSR count). The molecule has 2 aromatic rings. The molecule has 5 heteroatoms. The van der Waals surface area contributed by atoms with Crippen LogP contribution in [-0.2, 0) is 0 Å². The third kappa shape index (κ3) is 3.85. The van der Waals surface area contributed by atoms with E-state index in [4.69, 9.17) is 5.73 Å². The predicted molar refractivity (Wildman–Crippen MR) is 91.3 cm³/mol. The van der Waals surface area contributed by atoms with E-state index in [1.165, 1.54) is 0 Å². The highest BCUT2D eigenvalue weighted by atomic mass is 16.2. The van der Waals surface area contributed by atoms with E-state index in [0.717, 1.165) is 11.3 Å². The average molecular weight is 296 g/mol. The first-order chi connectivity index (χ1) is 10.5. The van der Waals surface area contributed by atoms with Gasteiger partial charge in [-0.3, -0.25) is 4.79 Å². The molecule has 1 amide bonds. The Labute approximate surface area is 130 Å². The van der Waals surface area contributed by atoms with Gasteiger partial charge in [-0.2, -0.15) is 5.10 Å². The largest absolute Gasteiger partial charge is 0.399 e. The summed E-state index contributed by atoms with van der Waals surface area (Å²) in [6.07, 6.45) is 0. The van der Waals surface area contributed by atoms with E-state index in [-0.39, 0.29) is 5.91 Å². The van der Waals surface area contributed by atoms with E-state index >= 15 is 0 Å². The molecular weight excluding hydrogens is 276 g/mol. The minimum absolute atomic E-state index is 0.242. The Bertz CT molecular complexity index is 690. The number of benzene rings is 2. The number of amides is 1. The predicted octanol–water partition coefficient (Wildman–Crippen LogP) is 2.49. The summed E-state index contributed by atoms with van der Waals surface area (Å²) in [5, 5.41) is 4.12. The van der Waals surface area contributed by atoms with Gasteiger partial charge in [0.25, 0.3) is 5.91 Å². The molecule has 0 heterocycles. The zero-order valence-electron chi connectivity index (χ0n) is 13.0. The molecule has 0 spiro atoms. The molecule has 0 bridgehead atoms. The minimum atomic E-state index is -0.242. The number of nitrogens with one attached hydrogen (secondary N) is 1. The molecule has 0 atom stereocenters. The Morgan fingerprint density at radius 1 is 1.09 bits per heavy atom. The molecule has 0 saturated heterocycles. The number of carbonyl (C=O) groups is 1. The van der Waals surface area contributed by atoms with Gasteiger partial charge in [0, 0.05) is 31.0 Å². The quantitative estimate of drug-likeness (QED) is 0.517. The molecule has 114 valence electrons. The van der Waals surface area contributed by atoms with Crippen LogP contribution in [0.2, 0.25) is 0 Å². The molecule has 5 nitrogen and oxygen atoms in total. The van der Waals surface area contributed by atoms with Crippen molar-refractivity contribution in [3.8, 4) is 0 Å². The lowest BCUT2D eigenvalue weighted by molar-refractivity contribution is 0.0955. The topological polar surface area (TPSA) is 70.7 Å². The first-order valence-electron chi connectivity index (χ1n) is 6.95. The van der Waals surface area contributed by atoms with Crippen molar-refractivity contribution in [2.24, 2.45) is 5.10 Å². The van der Waals surface area contributed by atoms with Crippen LogP contribution in [0.3, 0.4) is 0 Å². The van der Waals surface area contributed by atoms with Gasteiger partial charge >= 0.3 is 0 Å². The second kappa shape index (κ2) is 6.76. The SMILES string of the molecule is C/C(=N/NC(=O)c1ccc(N(C)C)cc1)c1cccc(N)c1. The van der Waals surface area contributed by atoms with Crippen molar-refractivity contribution < 1.29 is 4.79 Å². The Morgan fingerprint density at radius 2 is 1.77 bits per heavy atom.